The van der Waals surface area contributed by atoms with E-state index in [0.717, 1.165) is 18.7 Å². The third-order valence-electron chi connectivity index (χ3n) is 4.18. The number of carbonyl (C=O) groups is 1. The average Bonchev–Trinajstić information content (AvgIpc) is 2.61. The van der Waals surface area contributed by atoms with Gasteiger partial charge in [-0.3, -0.25) is 4.79 Å². The molecular formula is C20H20FNO. The molecule has 3 heteroatoms. The number of anilines is 1. The third kappa shape index (κ3) is 3.86. The van der Waals surface area contributed by atoms with Crippen molar-refractivity contribution >= 4 is 17.5 Å². The molecule has 0 bridgehead atoms. The zero-order valence-corrected chi connectivity index (χ0v) is 13.0. The van der Waals surface area contributed by atoms with Crippen LogP contribution in [0.3, 0.4) is 0 Å². The van der Waals surface area contributed by atoms with E-state index in [4.69, 9.17) is 0 Å². The standard InChI is InChI=1S/C20H20FNO/c21-19-7-3-2-6-18(19)20(23)13-10-16-8-11-17(12-9-16)22-14-4-1-5-15-22/h2-3,6-13H,1,4-5,14-15H2/b13-10+. The largest absolute Gasteiger partial charge is 0.372 e. The quantitative estimate of drug-likeness (QED) is 0.602. The van der Waals surface area contributed by atoms with E-state index in [1.165, 1.54) is 43.2 Å². The summed E-state index contributed by atoms with van der Waals surface area (Å²) in [5, 5.41) is 0. The lowest BCUT2D eigenvalue weighted by Gasteiger charge is -2.28. The smallest absolute Gasteiger partial charge is 0.188 e. The summed E-state index contributed by atoms with van der Waals surface area (Å²) in [4.78, 5) is 14.4. The number of piperidine rings is 1. The first-order chi connectivity index (χ1) is 11.2. The van der Waals surface area contributed by atoms with Gasteiger partial charge in [-0.25, -0.2) is 4.39 Å². The zero-order valence-electron chi connectivity index (χ0n) is 13.0. The minimum absolute atomic E-state index is 0.105. The van der Waals surface area contributed by atoms with Gasteiger partial charge in [-0.2, -0.15) is 0 Å². The average molecular weight is 309 g/mol. The van der Waals surface area contributed by atoms with E-state index in [1.54, 1.807) is 18.2 Å². The SMILES string of the molecule is O=C(/C=C/c1ccc(N2CCCCC2)cc1)c1ccccc1F. The van der Waals surface area contributed by atoms with Crippen molar-refractivity contribution in [2.45, 2.75) is 19.3 Å². The summed E-state index contributed by atoms with van der Waals surface area (Å²) in [6, 6.07) is 14.2. The maximum Gasteiger partial charge on any atom is 0.188 e. The molecule has 2 aromatic rings. The second-order valence-corrected chi connectivity index (χ2v) is 5.82. The van der Waals surface area contributed by atoms with Crippen LogP contribution < -0.4 is 4.90 Å². The van der Waals surface area contributed by atoms with Crippen molar-refractivity contribution in [3.05, 3.63) is 71.6 Å². The first-order valence-electron chi connectivity index (χ1n) is 8.06. The Kier molecular flexibility index (Phi) is 4.86. The molecule has 0 saturated carbocycles. The summed E-state index contributed by atoms with van der Waals surface area (Å²) >= 11 is 0. The van der Waals surface area contributed by atoms with Crippen LogP contribution in [0.25, 0.3) is 6.08 Å². The van der Waals surface area contributed by atoms with Crippen molar-refractivity contribution in [1.29, 1.82) is 0 Å². The molecule has 1 heterocycles. The molecule has 3 rings (SSSR count). The van der Waals surface area contributed by atoms with Gasteiger partial charge in [0, 0.05) is 18.8 Å². The second-order valence-electron chi connectivity index (χ2n) is 5.82. The van der Waals surface area contributed by atoms with Gasteiger partial charge < -0.3 is 4.90 Å². The van der Waals surface area contributed by atoms with Gasteiger partial charge in [0.2, 0.25) is 0 Å². The summed E-state index contributed by atoms with van der Waals surface area (Å²) in [7, 11) is 0. The number of hydrogen-bond donors (Lipinski definition) is 0. The lowest BCUT2D eigenvalue weighted by molar-refractivity contribution is 0.104. The lowest BCUT2D eigenvalue weighted by atomic mass is 10.1. The van der Waals surface area contributed by atoms with Crippen LogP contribution in [-0.4, -0.2) is 18.9 Å². The van der Waals surface area contributed by atoms with E-state index in [9.17, 15) is 9.18 Å². The predicted octanol–water partition coefficient (Wildman–Crippen LogP) is 4.71. The summed E-state index contributed by atoms with van der Waals surface area (Å²) in [6.07, 6.45) is 6.97. The first-order valence-corrected chi connectivity index (χ1v) is 8.06. The van der Waals surface area contributed by atoms with Crippen LogP contribution in [-0.2, 0) is 0 Å². The molecule has 0 unspecified atom stereocenters. The Morgan fingerprint density at radius 1 is 0.957 bits per heavy atom. The topological polar surface area (TPSA) is 20.3 Å². The Balaban J connectivity index is 1.68. The van der Waals surface area contributed by atoms with Gasteiger partial charge in [0.1, 0.15) is 5.82 Å². The predicted molar refractivity (Wildman–Crippen MR) is 92.3 cm³/mol. The maximum absolute atomic E-state index is 13.6. The summed E-state index contributed by atoms with van der Waals surface area (Å²) < 4.78 is 13.6. The number of hydrogen-bond acceptors (Lipinski definition) is 2. The van der Waals surface area contributed by atoms with Crippen LogP contribution in [0.15, 0.2) is 54.6 Å². The Labute approximate surface area is 136 Å². The third-order valence-corrected chi connectivity index (χ3v) is 4.18. The lowest BCUT2D eigenvalue weighted by Crippen LogP contribution is -2.29. The Bertz CT molecular complexity index is 700. The van der Waals surface area contributed by atoms with Crippen LogP contribution in [0.1, 0.15) is 35.2 Å². The van der Waals surface area contributed by atoms with E-state index in [0.29, 0.717) is 0 Å². The fourth-order valence-electron chi connectivity index (χ4n) is 2.87. The van der Waals surface area contributed by atoms with Gasteiger partial charge in [0.15, 0.2) is 5.78 Å². The summed E-state index contributed by atoms with van der Waals surface area (Å²) in [5.74, 6) is -0.800. The van der Waals surface area contributed by atoms with Crippen molar-refractivity contribution in [3.63, 3.8) is 0 Å². The van der Waals surface area contributed by atoms with E-state index in [2.05, 4.69) is 17.0 Å². The number of ketones is 1. The normalized spacial score (nSPS) is 15.1. The maximum atomic E-state index is 13.6. The molecule has 0 radical (unpaired) electrons. The fourth-order valence-corrected chi connectivity index (χ4v) is 2.87. The van der Waals surface area contributed by atoms with Crippen LogP contribution >= 0.6 is 0 Å². The molecular weight excluding hydrogens is 289 g/mol. The van der Waals surface area contributed by atoms with Crippen molar-refractivity contribution in [3.8, 4) is 0 Å². The van der Waals surface area contributed by atoms with Gasteiger partial charge in [0.25, 0.3) is 0 Å². The molecule has 0 N–H and O–H groups in total. The molecule has 1 fully saturated rings. The van der Waals surface area contributed by atoms with Crippen LogP contribution in [0.4, 0.5) is 10.1 Å². The van der Waals surface area contributed by atoms with Crippen LogP contribution in [0.2, 0.25) is 0 Å². The highest BCUT2D eigenvalue weighted by atomic mass is 19.1. The van der Waals surface area contributed by atoms with Gasteiger partial charge in [-0.1, -0.05) is 30.3 Å². The van der Waals surface area contributed by atoms with E-state index < -0.39 is 5.82 Å². The van der Waals surface area contributed by atoms with Gasteiger partial charge in [-0.15, -0.1) is 0 Å². The molecule has 0 aromatic heterocycles. The highest BCUT2D eigenvalue weighted by Gasteiger charge is 2.10. The van der Waals surface area contributed by atoms with Gasteiger partial charge >= 0.3 is 0 Å². The molecule has 2 nitrogen and oxygen atoms in total. The van der Waals surface area contributed by atoms with Crippen LogP contribution in [0.5, 0.6) is 0 Å². The van der Waals surface area contributed by atoms with Crippen molar-refractivity contribution < 1.29 is 9.18 Å². The molecule has 0 aliphatic carbocycles. The van der Waals surface area contributed by atoms with Gasteiger partial charge in [-0.05, 0) is 55.2 Å². The molecule has 0 atom stereocenters. The van der Waals surface area contributed by atoms with Crippen molar-refractivity contribution in [2.75, 3.05) is 18.0 Å². The molecule has 1 aliphatic heterocycles. The minimum atomic E-state index is -0.484. The Hall–Kier alpha value is -2.42. The molecule has 1 aliphatic rings. The fraction of sp³-hybridized carbons (Fsp3) is 0.250. The molecule has 2 aromatic carbocycles. The second kappa shape index (κ2) is 7.23. The monoisotopic (exact) mass is 309 g/mol. The highest BCUT2D eigenvalue weighted by molar-refractivity contribution is 6.06. The molecule has 0 spiro atoms. The van der Waals surface area contributed by atoms with E-state index >= 15 is 0 Å². The van der Waals surface area contributed by atoms with Crippen molar-refractivity contribution in [1.82, 2.24) is 0 Å². The minimum Gasteiger partial charge on any atom is -0.372 e. The number of halogens is 1. The number of allylic oxidation sites excluding steroid dienone is 1. The zero-order chi connectivity index (χ0) is 16.1. The van der Waals surface area contributed by atoms with Crippen LogP contribution in [0, 0.1) is 5.82 Å². The Morgan fingerprint density at radius 3 is 2.35 bits per heavy atom. The summed E-state index contributed by atoms with van der Waals surface area (Å²) in [6.45, 7) is 2.22. The Morgan fingerprint density at radius 2 is 1.65 bits per heavy atom. The highest BCUT2D eigenvalue weighted by Crippen LogP contribution is 2.20. The van der Waals surface area contributed by atoms with Crippen molar-refractivity contribution in [2.24, 2.45) is 0 Å². The number of carbonyl (C=O) groups excluding carboxylic acids is 1. The summed E-state index contributed by atoms with van der Waals surface area (Å²) in [5.41, 5.74) is 2.27. The first kappa shape index (κ1) is 15.5. The molecule has 1 saturated heterocycles. The number of nitrogens with zero attached hydrogens (tertiary/aromatic N) is 1. The van der Waals surface area contributed by atoms with E-state index in [1.807, 2.05) is 12.1 Å². The molecule has 118 valence electrons. The van der Waals surface area contributed by atoms with Gasteiger partial charge in [0.05, 0.1) is 5.56 Å². The van der Waals surface area contributed by atoms with E-state index in [-0.39, 0.29) is 11.3 Å². The molecule has 0 amide bonds. The number of rotatable bonds is 4. The number of benzene rings is 2. The molecule has 23 heavy (non-hydrogen) atoms.